The van der Waals surface area contributed by atoms with Gasteiger partial charge < -0.3 is 19.5 Å². The summed E-state index contributed by atoms with van der Waals surface area (Å²) in [4.78, 5) is 16.2. The van der Waals surface area contributed by atoms with Crippen LogP contribution in [0.4, 0.5) is 5.69 Å². The van der Waals surface area contributed by atoms with Crippen LogP contribution in [0.1, 0.15) is 28.4 Å². The summed E-state index contributed by atoms with van der Waals surface area (Å²) in [7, 11) is 1.54. The Labute approximate surface area is 179 Å². The van der Waals surface area contributed by atoms with Gasteiger partial charge in [0.05, 0.1) is 7.11 Å². The Hall–Kier alpha value is -2.57. The number of rotatable bonds is 8. The maximum absolute atomic E-state index is 11.5. The number of aliphatic hydroxyl groups is 1. The van der Waals surface area contributed by atoms with Gasteiger partial charge in [-0.2, -0.15) is 0 Å². The van der Waals surface area contributed by atoms with Crippen molar-refractivity contribution in [1.82, 2.24) is 4.90 Å². The highest BCUT2D eigenvalue weighted by molar-refractivity contribution is 5.94. The number of β-amino-alcohol motifs (C(OH)–C–C–N with tert-alkyl or cyclic N) is 1. The first-order valence-electron chi connectivity index (χ1n) is 10.4. The monoisotopic (exact) mass is 412 g/mol. The summed E-state index contributed by atoms with van der Waals surface area (Å²) in [5.41, 5.74) is 4.53. The Balaban J connectivity index is 1.49. The van der Waals surface area contributed by atoms with Crippen molar-refractivity contribution < 1.29 is 19.4 Å². The zero-order chi connectivity index (χ0) is 21.7. The van der Waals surface area contributed by atoms with E-state index in [0.717, 1.165) is 26.2 Å². The van der Waals surface area contributed by atoms with E-state index in [0.29, 0.717) is 23.6 Å². The number of methoxy groups -OCH3 is 1. The van der Waals surface area contributed by atoms with E-state index in [-0.39, 0.29) is 12.4 Å². The number of hydrogen-bond donors (Lipinski definition) is 1. The zero-order valence-electron chi connectivity index (χ0n) is 18.4. The maximum Gasteiger partial charge on any atom is 0.161 e. The van der Waals surface area contributed by atoms with E-state index in [4.69, 9.17) is 9.47 Å². The number of Topliss-reactive ketones (excluding diaryl/α,β-unsaturated/α-hetero) is 1. The van der Waals surface area contributed by atoms with Crippen molar-refractivity contribution in [2.45, 2.75) is 26.9 Å². The number of piperazine rings is 1. The van der Waals surface area contributed by atoms with Crippen LogP contribution in [0.15, 0.2) is 36.4 Å². The van der Waals surface area contributed by atoms with Gasteiger partial charge in [0.15, 0.2) is 17.3 Å². The molecule has 1 aliphatic rings. The average molecular weight is 413 g/mol. The van der Waals surface area contributed by atoms with Gasteiger partial charge in [0.25, 0.3) is 0 Å². The Morgan fingerprint density at radius 2 is 1.83 bits per heavy atom. The lowest BCUT2D eigenvalue weighted by Gasteiger charge is -2.37. The minimum atomic E-state index is -0.602. The molecule has 162 valence electrons. The first kappa shape index (κ1) is 22.1. The molecule has 0 radical (unpaired) electrons. The van der Waals surface area contributed by atoms with E-state index in [9.17, 15) is 9.90 Å². The minimum Gasteiger partial charge on any atom is -0.493 e. The number of hydrogen-bond acceptors (Lipinski definition) is 6. The second-order valence-corrected chi connectivity index (χ2v) is 7.89. The van der Waals surface area contributed by atoms with E-state index in [1.165, 1.54) is 30.8 Å². The first-order valence-corrected chi connectivity index (χ1v) is 10.4. The fraction of sp³-hybridized carbons (Fsp3) is 0.458. The third-order valence-corrected chi connectivity index (χ3v) is 5.76. The van der Waals surface area contributed by atoms with Gasteiger partial charge in [-0.05, 0) is 56.2 Å². The molecule has 2 aromatic rings. The van der Waals surface area contributed by atoms with E-state index in [1.807, 2.05) is 0 Å². The highest BCUT2D eigenvalue weighted by Crippen LogP contribution is 2.28. The summed E-state index contributed by atoms with van der Waals surface area (Å²) < 4.78 is 11.1. The largest absolute Gasteiger partial charge is 0.493 e. The molecule has 0 aromatic heterocycles. The lowest BCUT2D eigenvalue weighted by Crippen LogP contribution is -2.49. The van der Waals surface area contributed by atoms with Crippen LogP contribution in [-0.2, 0) is 0 Å². The molecule has 0 aliphatic carbocycles. The molecular formula is C24H32N2O4. The molecule has 30 heavy (non-hydrogen) atoms. The first-order chi connectivity index (χ1) is 14.4. The number of benzene rings is 2. The van der Waals surface area contributed by atoms with Crippen LogP contribution in [0.3, 0.4) is 0 Å². The number of aryl methyl sites for hydroxylation is 1. The highest BCUT2D eigenvalue weighted by atomic mass is 16.5. The fourth-order valence-corrected chi connectivity index (χ4v) is 3.79. The predicted molar refractivity (Wildman–Crippen MR) is 119 cm³/mol. The molecule has 1 atom stereocenters. The van der Waals surface area contributed by atoms with Crippen molar-refractivity contribution in [3.8, 4) is 11.5 Å². The van der Waals surface area contributed by atoms with Gasteiger partial charge >= 0.3 is 0 Å². The van der Waals surface area contributed by atoms with E-state index >= 15 is 0 Å². The quantitative estimate of drug-likeness (QED) is 0.673. The Kier molecular flexibility index (Phi) is 7.34. The van der Waals surface area contributed by atoms with Crippen molar-refractivity contribution >= 4 is 11.5 Å². The van der Waals surface area contributed by atoms with Crippen molar-refractivity contribution in [2.75, 3.05) is 51.3 Å². The number of ketones is 1. The summed E-state index contributed by atoms with van der Waals surface area (Å²) in [6.07, 6.45) is -0.602. The lowest BCUT2D eigenvalue weighted by atomic mass is 10.1. The fourth-order valence-electron chi connectivity index (χ4n) is 3.79. The molecule has 0 bridgehead atoms. The van der Waals surface area contributed by atoms with Crippen LogP contribution in [0.5, 0.6) is 11.5 Å². The average Bonchev–Trinajstić information content (AvgIpc) is 2.74. The van der Waals surface area contributed by atoms with Gasteiger partial charge in [-0.25, -0.2) is 0 Å². The van der Waals surface area contributed by atoms with Gasteiger partial charge in [-0.3, -0.25) is 9.69 Å². The van der Waals surface area contributed by atoms with E-state index in [2.05, 4.69) is 41.8 Å². The van der Waals surface area contributed by atoms with Crippen LogP contribution in [0, 0.1) is 13.8 Å². The summed E-state index contributed by atoms with van der Waals surface area (Å²) in [6.45, 7) is 10.3. The Morgan fingerprint density at radius 1 is 1.10 bits per heavy atom. The topological polar surface area (TPSA) is 62.2 Å². The third kappa shape index (κ3) is 5.32. The maximum atomic E-state index is 11.5. The SMILES string of the molecule is COc1cc(C(C)=O)ccc1OC[C@@H](O)CN1CCN(c2cccc(C)c2C)CC1. The number of nitrogens with zero attached hydrogens (tertiary/aromatic N) is 2. The standard InChI is InChI=1S/C24H32N2O4/c1-17-6-5-7-22(18(17)2)26-12-10-25(11-13-26)15-21(28)16-30-23-9-8-20(19(3)27)14-24(23)29-4/h5-9,14,21,28H,10-13,15-16H2,1-4H3/t21-/m0/s1. The van der Waals surface area contributed by atoms with Gasteiger partial charge in [-0.1, -0.05) is 12.1 Å². The molecule has 0 spiro atoms. The van der Waals surface area contributed by atoms with Crippen LogP contribution in [0.25, 0.3) is 0 Å². The molecule has 3 rings (SSSR count). The normalized spacial score (nSPS) is 15.7. The molecule has 1 heterocycles. The molecule has 0 saturated carbocycles. The molecule has 1 fully saturated rings. The summed E-state index contributed by atoms with van der Waals surface area (Å²) >= 11 is 0. The second-order valence-electron chi connectivity index (χ2n) is 7.89. The number of aliphatic hydroxyl groups excluding tert-OH is 1. The summed E-state index contributed by atoms with van der Waals surface area (Å²) in [5, 5.41) is 10.5. The summed E-state index contributed by atoms with van der Waals surface area (Å²) in [5.74, 6) is 0.998. The molecule has 1 N–H and O–H groups in total. The molecule has 1 aliphatic heterocycles. The number of anilines is 1. The Morgan fingerprint density at radius 3 is 2.50 bits per heavy atom. The van der Waals surface area contributed by atoms with Crippen molar-refractivity contribution in [3.63, 3.8) is 0 Å². The lowest BCUT2D eigenvalue weighted by molar-refractivity contribution is 0.0653. The molecule has 6 heteroatoms. The predicted octanol–water partition coefficient (Wildman–Crippen LogP) is 3.08. The minimum absolute atomic E-state index is 0.0279. The van der Waals surface area contributed by atoms with Gasteiger partial charge in [0, 0.05) is 44.0 Å². The summed E-state index contributed by atoms with van der Waals surface area (Å²) in [6, 6.07) is 11.5. The molecule has 0 unspecified atom stereocenters. The second kappa shape index (κ2) is 9.96. The smallest absolute Gasteiger partial charge is 0.161 e. The van der Waals surface area contributed by atoms with E-state index in [1.54, 1.807) is 18.2 Å². The molecule has 2 aromatic carbocycles. The molecule has 1 saturated heterocycles. The molecular weight excluding hydrogens is 380 g/mol. The number of carbonyl (C=O) groups is 1. The third-order valence-electron chi connectivity index (χ3n) is 5.76. The van der Waals surface area contributed by atoms with Crippen molar-refractivity contribution in [2.24, 2.45) is 0 Å². The zero-order valence-corrected chi connectivity index (χ0v) is 18.4. The molecule has 0 amide bonds. The van der Waals surface area contributed by atoms with Gasteiger partial charge in [-0.15, -0.1) is 0 Å². The van der Waals surface area contributed by atoms with Gasteiger partial charge in [0.2, 0.25) is 0 Å². The van der Waals surface area contributed by atoms with Crippen LogP contribution in [-0.4, -0.2) is 68.3 Å². The van der Waals surface area contributed by atoms with Crippen LogP contribution in [0.2, 0.25) is 0 Å². The van der Waals surface area contributed by atoms with Crippen LogP contribution >= 0.6 is 0 Å². The number of carbonyl (C=O) groups excluding carboxylic acids is 1. The highest BCUT2D eigenvalue weighted by Gasteiger charge is 2.21. The van der Waals surface area contributed by atoms with Crippen molar-refractivity contribution in [1.29, 1.82) is 0 Å². The van der Waals surface area contributed by atoms with E-state index < -0.39 is 6.10 Å². The number of ether oxygens (including phenoxy) is 2. The molecule has 6 nitrogen and oxygen atoms in total. The van der Waals surface area contributed by atoms with Gasteiger partial charge in [0.1, 0.15) is 12.7 Å². The van der Waals surface area contributed by atoms with Crippen LogP contribution < -0.4 is 14.4 Å². The Bertz CT molecular complexity index is 876. The van der Waals surface area contributed by atoms with Crippen molar-refractivity contribution in [3.05, 3.63) is 53.1 Å².